The second kappa shape index (κ2) is 6.52. The van der Waals surface area contributed by atoms with Crippen LogP contribution in [0.5, 0.6) is 0 Å². The molecule has 0 heterocycles. The maximum atomic E-state index is 8.68. The van der Waals surface area contributed by atoms with Crippen molar-refractivity contribution >= 4 is 5.69 Å². The first-order valence-corrected chi connectivity index (χ1v) is 5.44. The molecular formula is C13H17N3. The van der Waals surface area contributed by atoms with Crippen molar-refractivity contribution in [3.05, 3.63) is 42.1 Å². The lowest BCUT2D eigenvalue weighted by Gasteiger charge is -2.17. The first-order valence-electron chi connectivity index (χ1n) is 5.44. The molecule has 0 fully saturated rings. The van der Waals surface area contributed by atoms with E-state index in [2.05, 4.69) is 30.8 Å². The summed E-state index contributed by atoms with van der Waals surface area (Å²) in [6.07, 6.45) is 2.54. The third-order valence-corrected chi connectivity index (χ3v) is 2.49. The summed E-state index contributed by atoms with van der Waals surface area (Å²) in [6.45, 7) is 4.18. The Bertz CT molecular complexity index is 376. The minimum Gasteiger partial charge on any atom is -0.304 e. The van der Waals surface area contributed by atoms with Crippen molar-refractivity contribution in [2.45, 2.75) is 20.3 Å². The van der Waals surface area contributed by atoms with E-state index in [1.165, 1.54) is 0 Å². The molecule has 0 amide bonds. The fraction of sp³-hybridized carbons (Fsp3) is 0.308. The number of nitrogens with one attached hydrogen (secondary N) is 2. The van der Waals surface area contributed by atoms with E-state index in [-0.39, 0.29) is 0 Å². The van der Waals surface area contributed by atoms with Crippen LogP contribution in [0.3, 0.4) is 0 Å². The van der Waals surface area contributed by atoms with Crippen LogP contribution in [0.1, 0.15) is 20.3 Å². The summed E-state index contributed by atoms with van der Waals surface area (Å²) >= 11 is 0. The first kappa shape index (κ1) is 12.1. The predicted octanol–water partition coefficient (Wildman–Crippen LogP) is 3.06. The fourth-order valence-corrected chi connectivity index (χ4v) is 1.26. The third kappa shape index (κ3) is 3.66. The van der Waals surface area contributed by atoms with Crippen molar-refractivity contribution in [2.75, 3.05) is 5.43 Å². The highest BCUT2D eigenvalue weighted by Gasteiger charge is 2.05. The lowest BCUT2D eigenvalue weighted by molar-refractivity contribution is 0.611. The Morgan fingerprint density at radius 2 is 2.12 bits per heavy atom. The normalized spacial score (nSPS) is 12.7. The Morgan fingerprint density at radius 1 is 1.44 bits per heavy atom. The molecular weight excluding hydrogens is 198 g/mol. The standard InChI is InChI=1S/C13H17N3/c1-3-11(2)13(9-10-14)16-15-12-7-5-4-6-8-12/h4-9,11,15-16H,3H2,1-2H3/b13-9-. The lowest BCUT2D eigenvalue weighted by atomic mass is 10.1. The molecule has 0 bridgehead atoms. The molecule has 0 aliphatic rings. The monoisotopic (exact) mass is 215 g/mol. The highest BCUT2D eigenvalue weighted by atomic mass is 15.4. The number of benzene rings is 1. The number of hydrogen-bond acceptors (Lipinski definition) is 3. The largest absolute Gasteiger partial charge is 0.304 e. The van der Waals surface area contributed by atoms with Crippen LogP contribution in [0.25, 0.3) is 0 Å². The van der Waals surface area contributed by atoms with Gasteiger partial charge in [0.1, 0.15) is 0 Å². The Labute approximate surface area is 96.8 Å². The molecule has 0 saturated carbocycles. The average Bonchev–Trinajstić information content (AvgIpc) is 2.34. The summed E-state index contributed by atoms with van der Waals surface area (Å²) < 4.78 is 0. The maximum absolute atomic E-state index is 8.68. The molecule has 1 aromatic carbocycles. The molecule has 84 valence electrons. The van der Waals surface area contributed by atoms with Crippen LogP contribution in [0.4, 0.5) is 5.69 Å². The number of nitrogens with zero attached hydrogens (tertiary/aromatic N) is 1. The molecule has 1 unspecified atom stereocenters. The van der Waals surface area contributed by atoms with E-state index >= 15 is 0 Å². The van der Waals surface area contributed by atoms with Gasteiger partial charge in [-0.15, -0.1) is 0 Å². The van der Waals surface area contributed by atoms with Crippen LogP contribution in [0, 0.1) is 17.2 Å². The fourth-order valence-electron chi connectivity index (χ4n) is 1.26. The molecule has 1 atom stereocenters. The predicted molar refractivity (Wildman–Crippen MR) is 66.4 cm³/mol. The topological polar surface area (TPSA) is 47.9 Å². The number of hydrogen-bond donors (Lipinski definition) is 2. The lowest BCUT2D eigenvalue weighted by Crippen LogP contribution is -2.24. The van der Waals surface area contributed by atoms with E-state index in [4.69, 9.17) is 5.26 Å². The molecule has 0 spiro atoms. The summed E-state index contributed by atoms with van der Waals surface area (Å²) in [4.78, 5) is 0. The number of para-hydroxylation sites is 1. The van der Waals surface area contributed by atoms with Crippen molar-refractivity contribution in [1.29, 1.82) is 5.26 Å². The van der Waals surface area contributed by atoms with Gasteiger partial charge in [-0.2, -0.15) is 5.26 Å². The zero-order valence-electron chi connectivity index (χ0n) is 9.70. The van der Waals surface area contributed by atoms with Gasteiger partial charge in [0.25, 0.3) is 0 Å². The molecule has 0 radical (unpaired) electrons. The summed E-state index contributed by atoms with van der Waals surface area (Å²) in [5.74, 6) is 0.343. The van der Waals surface area contributed by atoms with E-state index in [9.17, 15) is 0 Å². The second-order valence-electron chi connectivity index (χ2n) is 3.65. The molecule has 16 heavy (non-hydrogen) atoms. The Kier molecular flexibility index (Phi) is 4.94. The van der Waals surface area contributed by atoms with E-state index < -0.39 is 0 Å². The number of allylic oxidation sites excluding steroid dienone is 2. The van der Waals surface area contributed by atoms with Crippen molar-refractivity contribution in [1.82, 2.24) is 5.43 Å². The minimum absolute atomic E-state index is 0.343. The van der Waals surface area contributed by atoms with Gasteiger partial charge in [0.05, 0.1) is 11.8 Å². The average molecular weight is 215 g/mol. The minimum atomic E-state index is 0.343. The summed E-state index contributed by atoms with van der Waals surface area (Å²) in [6, 6.07) is 11.9. The number of anilines is 1. The third-order valence-electron chi connectivity index (χ3n) is 2.49. The van der Waals surface area contributed by atoms with Gasteiger partial charge in [-0.3, -0.25) is 0 Å². The molecule has 0 aromatic heterocycles. The van der Waals surface area contributed by atoms with E-state index in [0.717, 1.165) is 17.8 Å². The zero-order chi connectivity index (χ0) is 11.8. The van der Waals surface area contributed by atoms with Crippen LogP contribution >= 0.6 is 0 Å². The Morgan fingerprint density at radius 3 is 2.69 bits per heavy atom. The van der Waals surface area contributed by atoms with E-state index in [1.54, 1.807) is 6.08 Å². The first-order chi connectivity index (χ1) is 7.77. The molecule has 0 aliphatic carbocycles. The Hall–Kier alpha value is -1.95. The van der Waals surface area contributed by atoms with Gasteiger partial charge < -0.3 is 10.9 Å². The van der Waals surface area contributed by atoms with Crippen molar-refractivity contribution in [3.63, 3.8) is 0 Å². The SMILES string of the molecule is CCC(C)/C(=C/C#N)NNc1ccccc1. The number of hydrazine groups is 1. The van der Waals surface area contributed by atoms with Crippen LogP contribution in [-0.4, -0.2) is 0 Å². The smallest absolute Gasteiger partial charge is 0.0930 e. The van der Waals surface area contributed by atoms with Gasteiger partial charge in [-0.1, -0.05) is 32.0 Å². The molecule has 0 aliphatic heterocycles. The van der Waals surface area contributed by atoms with Crippen LogP contribution in [0.15, 0.2) is 42.1 Å². The van der Waals surface area contributed by atoms with Crippen molar-refractivity contribution in [3.8, 4) is 6.07 Å². The molecule has 0 saturated heterocycles. The van der Waals surface area contributed by atoms with E-state index in [1.807, 2.05) is 30.3 Å². The highest BCUT2D eigenvalue weighted by molar-refractivity contribution is 5.42. The van der Waals surface area contributed by atoms with Gasteiger partial charge >= 0.3 is 0 Å². The van der Waals surface area contributed by atoms with Gasteiger partial charge in [-0.25, -0.2) is 0 Å². The summed E-state index contributed by atoms with van der Waals surface area (Å²) in [5.41, 5.74) is 8.04. The summed E-state index contributed by atoms with van der Waals surface area (Å²) in [5, 5.41) is 8.68. The van der Waals surface area contributed by atoms with Gasteiger partial charge in [0, 0.05) is 11.8 Å². The number of nitriles is 1. The second-order valence-corrected chi connectivity index (χ2v) is 3.65. The van der Waals surface area contributed by atoms with Crippen molar-refractivity contribution < 1.29 is 0 Å². The van der Waals surface area contributed by atoms with Crippen molar-refractivity contribution in [2.24, 2.45) is 5.92 Å². The highest BCUT2D eigenvalue weighted by Crippen LogP contribution is 2.12. The zero-order valence-corrected chi connectivity index (χ0v) is 9.70. The summed E-state index contributed by atoms with van der Waals surface area (Å²) in [7, 11) is 0. The molecule has 2 N–H and O–H groups in total. The maximum Gasteiger partial charge on any atom is 0.0930 e. The van der Waals surface area contributed by atoms with E-state index in [0.29, 0.717) is 5.92 Å². The Balaban J connectivity index is 2.59. The molecule has 1 rings (SSSR count). The molecule has 3 nitrogen and oxygen atoms in total. The molecule has 3 heteroatoms. The quantitative estimate of drug-likeness (QED) is 0.586. The van der Waals surface area contributed by atoms with Gasteiger partial charge in [-0.05, 0) is 24.5 Å². The van der Waals surface area contributed by atoms with Crippen LogP contribution in [0.2, 0.25) is 0 Å². The van der Waals surface area contributed by atoms with Crippen LogP contribution < -0.4 is 10.9 Å². The van der Waals surface area contributed by atoms with Gasteiger partial charge in [0.2, 0.25) is 0 Å². The molecule has 1 aromatic rings. The number of rotatable bonds is 5. The van der Waals surface area contributed by atoms with Crippen LogP contribution in [-0.2, 0) is 0 Å². The van der Waals surface area contributed by atoms with Gasteiger partial charge in [0.15, 0.2) is 0 Å².